The number of aromatic nitrogens is 3. The molecule has 0 N–H and O–H groups in total. The first-order valence-corrected chi connectivity index (χ1v) is 7.52. The number of fused-ring (bicyclic) bond motifs is 1. The highest BCUT2D eigenvalue weighted by Gasteiger charge is 2.13. The first kappa shape index (κ1) is 14.1. The number of pyridine rings is 1. The molecule has 0 aliphatic rings. The largest absolute Gasteiger partial charge is 0.283 e. The second-order valence-corrected chi connectivity index (χ2v) is 5.82. The Hall–Kier alpha value is -1.87. The van der Waals surface area contributed by atoms with Crippen LogP contribution in [0.4, 0.5) is 0 Å². The minimum absolute atomic E-state index is 0.443. The molecular weight excluding hydrogens is 282 g/mol. The zero-order valence-corrected chi connectivity index (χ0v) is 13.5. The van der Waals surface area contributed by atoms with Gasteiger partial charge in [0.15, 0.2) is 0 Å². The first-order valence-electron chi connectivity index (χ1n) is 6.99. The third-order valence-electron chi connectivity index (χ3n) is 3.98. The van der Waals surface area contributed by atoms with E-state index in [1.165, 1.54) is 11.1 Å². The van der Waals surface area contributed by atoms with Gasteiger partial charge in [0.2, 0.25) is 0 Å². The zero-order chi connectivity index (χ0) is 15.1. The van der Waals surface area contributed by atoms with Crippen molar-refractivity contribution < 1.29 is 0 Å². The van der Waals surface area contributed by atoms with Gasteiger partial charge < -0.3 is 0 Å². The smallest absolute Gasteiger partial charge is 0.143 e. The molecule has 0 saturated carbocycles. The van der Waals surface area contributed by atoms with Crippen LogP contribution in [0.1, 0.15) is 27.9 Å². The van der Waals surface area contributed by atoms with Crippen molar-refractivity contribution in [1.82, 2.24) is 14.5 Å². The van der Waals surface area contributed by atoms with Gasteiger partial charge in [-0.1, -0.05) is 0 Å². The van der Waals surface area contributed by atoms with Crippen molar-refractivity contribution in [2.75, 3.05) is 0 Å². The quantitative estimate of drug-likeness (QED) is 0.657. The van der Waals surface area contributed by atoms with Crippen molar-refractivity contribution in [3.05, 3.63) is 52.5 Å². The maximum Gasteiger partial charge on any atom is 0.143 e. The van der Waals surface area contributed by atoms with Gasteiger partial charge in [0, 0.05) is 11.3 Å². The lowest BCUT2D eigenvalue weighted by molar-refractivity contribution is 0.966. The number of aryl methyl sites for hydroxylation is 4. The van der Waals surface area contributed by atoms with Crippen LogP contribution in [0.5, 0.6) is 0 Å². The summed E-state index contributed by atoms with van der Waals surface area (Å²) in [6.07, 6.45) is 1.83. The Morgan fingerprint density at radius 1 is 1.00 bits per heavy atom. The maximum absolute atomic E-state index is 6.14. The Balaban J connectivity index is 2.33. The van der Waals surface area contributed by atoms with Crippen LogP contribution in [-0.2, 0) is 5.88 Å². The monoisotopic (exact) mass is 299 g/mol. The molecule has 0 aliphatic heterocycles. The van der Waals surface area contributed by atoms with Gasteiger partial charge >= 0.3 is 0 Å². The molecule has 3 aromatic rings. The number of imidazole rings is 1. The number of hydrogen-bond acceptors (Lipinski definition) is 2. The predicted molar refractivity (Wildman–Crippen MR) is 87.4 cm³/mol. The fourth-order valence-corrected chi connectivity index (χ4v) is 2.97. The molecule has 0 fully saturated rings. The van der Waals surface area contributed by atoms with Crippen molar-refractivity contribution in [1.29, 1.82) is 0 Å². The van der Waals surface area contributed by atoms with Crippen molar-refractivity contribution in [2.24, 2.45) is 0 Å². The fourth-order valence-electron chi connectivity index (χ4n) is 2.64. The SMILES string of the molecule is Cc1cc(C)c(CCl)c(-n2cnc3cc(C)c(C)cc32)n1. The molecule has 0 amide bonds. The van der Waals surface area contributed by atoms with Gasteiger partial charge in [0.05, 0.1) is 16.9 Å². The molecular formula is C17H18ClN3. The molecule has 4 heteroatoms. The Kier molecular flexibility index (Phi) is 3.46. The van der Waals surface area contributed by atoms with E-state index < -0.39 is 0 Å². The topological polar surface area (TPSA) is 30.7 Å². The molecule has 3 nitrogen and oxygen atoms in total. The Morgan fingerprint density at radius 3 is 2.43 bits per heavy atom. The van der Waals surface area contributed by atoms with Gasteiger partial charge in [-0.2, -0.15) is 0 Å². The third-order valence-corrected chi connectivity index (χ3v) is 4.25. The van der Waals surface area contributed by atoms with E-state index in [9.17, 15) is 0 Å². The first-order chi connectivity index (χ1) is 10.0. The van der Waals surface area contributed by atoms with E-state index in [0.717, 1.165) is 33.7 Å². The van der Waals surface area contributed by atoms with E-state index >= 15 is 0 Å². The third kappa shape index (κ3) is 2.32. The summed E-state index contributed by atoms with van der Waals surface area (Å²) in [5, 5.41) is 0. The molecule has 108 valence electrons. The van der Waals surface area contributed by atoms with Gasteiger partial charge in [-0.3, -0.25) is 4.57 Å². The molecule has 3 rings (SSSR count). The summed E-state index contributed by atoms with van der Waals surface area (Å²) in [7, 11) is 0. The van der Waals surface area contributed by atoms with Gasteiger partial charge in [0.1, 0.15) is 12.1 Å². The average molecular weight is 300 g/mol. The van der Waals surface area contributed by atoms with Crippen LogP contribution < -0.4 is 0 Å². The standard InChI is InChI=1S/C17H18ClN3/c1-10-6-15-16(7-11(10)2)21(9-19-15)17-14(8-18)12(3)5-13(4)20-17/h5-7,9H,8H2,1-4H3. The minimum atomic E-state index is 0.443. The second-order valence-electron chi connectivity index (χ2n) is 5.56. The molecule has 0 aliphatic carbocycles. The van der Waals surface area contributed by atoms with Crippen LogP contribution >= 0.6 is 11.6 Å². The summed E-state index contributed by atoms with van der Waals surface area (Å²) in [6, 6.07) is 6.34. The van der Waals surface area contributed by atoms with Crippen molar-refractivity contribution in [3.8, 4) is 5.82 Å². The molecule has 0 atom stereocenters. The van der Waals surface area contributed by atoms with Gasteiger partial charge in [-0.15, -0.1) is 11.6 Å². The summed E-state index contributed by atoms with van der Waals surface area (Å²) in [6.45, 7) is 8.30. The number of benzene rings is 1. The molecule has 2 aromatic heterocycles. The zero-order valence-electron chi connectivity index (χ0n) is 12.7. The van der Waals surface area contributed by atoms with Crippen LogP contribution in [0.15, 0.2) is 24.5 Å². The Labute approximate surface area is 129 Å². The fraction of sp³-hybridized carbons (Fsp3) is 0.294. The van der Waals surface area contributed by atoms with E-state index in [4.69, 9.17) is 11.6 Å². The van der Waals surface area contributed by atoms with Crippen LogP contribution in [0.25, 0.3) is 16.9 Å². The number of halogens is 1. The summed E-state index contributed by atoms with van der Waals surface area (Å²) in [4.78, 5) is 9.20. The number of rotatable bonds is 2. The number of hydrogen-bond donors (Lipinski definition) is 0. The molecule has 0 unspecified atom stereocenters. The molecule has 0 radical (unpaired) electrons. The van der Waals surface area contributed by atoms with Crippen molar-refractivity contribution >= 4 is 22.6 Å². The summed E-state index contributed by atoms with van der Waals surface area (Å²) < 4.78 is 2.04. The van der Waals surface area contributed by atoms with E-state index in [2.05, 4.69) is 48.9 Å². The molecule has 2 heterocycles. The van der Waals surface area contributed by atoms with Crippen molar-refractivity contribution in [2.45, 2.75) is 33.6 Å². The summed E-state index contributed by atoms with van der Waals surface area (Å²) >= 11 is 6.14. The number of nitrogens with zero attached hydrogens (tertiary/aromatic N) is 3. The van der Waals surface area contributed by atoms with Gasteiger partial charge in [0.25, 0.3) is 0 Å². The van der Waals surface area contributed by atoms with E-state index in [0.29, 0.717) is 5.88 Å². The normalized spacial score (nSPS) is 11.3. The molecule has 1 aromatic carbocycles. The van der Waals surface area contributed by atoms with E-state index in [1.54, 1.807) is 0 Å². The van der Waals surface area contributed by atoms with Crippen LogP contribution in [-0.4, -0.2) is 14.5 Å². The van der Waals surface area contributed by atoms with Crippen LogP contribution in [0.2, 0.25) is 0 Å². The van der Waals surface area contributed by atoms with Crippen molar-refractivity contribution in [3.63, 3.8) is 0 Å². The average Bonchev–Trinajstić information content (AvgIpc) is 2.81. The minimum Gasteiger partial charge on any atom is -0.283 e. The molecule has 21 heavy (non-hydrogen) atoms. The van der Waals surface area contributed by atoms with Gasteiger partial charge in [-0.05, 0) is 62.6 Å². The molecule has 0 saturated heterocycles. The highest BCUT2D eigenvalue weighted by atomic mass is 35.5. The highest BCUT2D eigenvalue weighted by molar-refractivity contribution is 6.17. The Bertz CT molecular complexity index is 834. The lowest BCUT2D eigenvalue weighted by Gasteiger charge is -2.12. The van der Waals surface area contributed by atoms with Crippen LogP contribution in [0, 0.1) is 27.7 Å². The van der Waals surface area contributed by atoms with Crippen LogP contribution in [0.3, 0.4) is 0 Å². The lowest BCUT2D eigenvalue weighted by Crippen LogP contribution is -2.04. The molecule has 0 bridgehead atoms. The summed E-state index contributed by atoms with van der Waals surface area (Å²) in [5.41, 5.74) is 7.77. The van der Waals surface area contributed by atoms with E-state index in [-0.39, 0.29) is 0 Å². The molecule has 0 spiro atoms. The predicted octanol–water partition coefficient (Wildman–Crippen LogP) is 4.39. The second kappa shape index (κ2) is 5.15. The summed E-state index contributed by atoms with van der Waals surface area (Å²) in [5.74, 6) is 1.33. The highest BCUT2D eigenvalue weighted by Crippen LogP contribution is 2.25. The lowest BCUT2D eigenvalue weighted by atomic mass is 10.1. The van der Waals surface area contributed by atoms with Gasteiger partial charge in [-0.25, -0.2) is 9.97 Å². The number of alkyl halides is 1. The maximum atomic E-state index is 6.14. The van der Waals surface area contributed by atoms with E-state index in [1.807, 2.05) is 17.8 Å². The Morgan fingerprint density at radius 2 is 1.71 bits per heavy atom.